The highest BCUT2D eigenvalue weighted by Crippen LogP contribution is 2.36. The summed E-state index contributed by atoms with van der Waals surface area (Å²) in [7, 11) is -2.11. The van der Waals surface area contributed by atoms with Gasteiger partial charge in [-0.3, -0.25) is 0 Å². The van der Waals surface area contributed by atoms with Crippen LogP contribution in [0.15, 0.2) is 54.5 Å². The van der Waals surface area contributed by atoms with Gasteiger partial charge < -0.3 is 14.5 Å². The van der Waals surface area contributed by atoms with Gasteiger partial charge in [0.05, 0.1) is 22.6 Å². The lowest BCUT2D eigenvalue weighted by Gasteiger charge is -2.36. The number of aromatic nitrogens is 6. The van der Waals surface area contributed by atoms with Crippen LogP contribution in [0.1, 0.15) is 24.5 Å². The van der Waals surface area contributed by atoms with Crippen LogP contribution in [0, 0.1) is 17.2 Å². The number of nitriles is 1. The third-order valence-electron chi connectivity index (χ3n) is 6.76. The van der Waals surface area contributed by atoms with E-state index in [4.69, 9.17) is 11.6 Å². The van der Waals surface area contributed by atoms with Gasteiger partial charge in [-0.1, -0.05) is 24.6 Å². The Balaban J connectivity index is 1.40. The second-order valence-electron chi connectivity index (χ2n) is 9.63. The molecule has 11 nitrogen and oxygen atoms in total. The summed E-state index contributed by atoms with van der Waals surface area (Å²) in [5.74, 6) is -0.268. The highest BCUT2D eigenvalue weighted by atomic mass is 35.5. The number of aryl methyl sites for hydroxylation is 1. The Morgan fingerprint density at radius 1 is 1.17 bits per heavy atom. The molecule has 0 saturated carbocycles. The highest BCUT2D eigenvalue weighted by molar-refractivity contribution is 7.89. The molecule has 16 heteroatoms. The van der Waals surface area contributed by atoms with Crippen LogP contribution >= 0.6 is 11.6 Å². The first kappa shape index (κ1) is 28.5. The SMILES string of the molecule is CC1CN(S(=O)(=O)c2cn(C)cn2)CCC1Nc1ncc(C(F)(F)F)c(-c2cn(-c3cccc(C#N)c3Cl)cn2)n1. The van der Waals surface area contributed by atoms with Gasteiger partial charge in [-0.05, 0) is 24.5 Å². The van der Waals surface area contributed by atoms with Gasteiger partial charge in [0.1, 0.15) is 29.3 Å². The molecule has 214 valence electrons. The molecule has 0 radical (unpaired) electrons. The van der Waals surface area contributed by atoms with E-state index in [0.717, 1.165) is 0 Å². The summed E-state index contributed by atoms with van der Waals surface area (Å²) in [6.07, 6.45) is 1.77. The Morgan fingerprint density at radius 2 is 1.95 bits per heavy atom. The largest absolute Gasteiger partial charge is 0.420 e. The van der Waals surface area contributed by atoms with Crippen LogP contribution < -0.4 is 5.32 Å². The molecule has 1 fully saturated rings. The summed E-state index contributed by atoms with van der Waals surface area (Å²) >= 11 is 6.29. The van der Waals surface area contributed by atoms with E-state index >= 15 is 0 Å². The number of halogens is 4. The number of rotatable bonds is 6. The Bertz CT molecular complexity index is 1750. The molecular formula is C25H23ClF3N9O2S. The van der Waals surface area contributed by atoms with E-state index in [1.807, 2.05) is 13.0 Å². The molecule has 0 spiro atoms. The van der Waals surface area contributed by atoms with E-state index in [1.165, 1.54) is 40.0 Å². The molecule has 0 aliphatic carbocycles. The minimum absolute atomic E-state index is 0.0469. The zero-order valence-electron chi connectivity index (χ0n) is 21.7. The van der Waals surface area contributed by atoms with Crippen LogP contribution in [0.25, 0.3) is 17.1 Å². The molecule has 41 heavy (non-hydrogen) atoms. The number of nitrogens with zero attached hydrogens (tertiary/aromatic N) is 8. The predicted molar refractivity (Wildman–Crippen MR) is 142 cm³/mol. The number of nitrogens with one attached hydrogen (secondary N) is 1. The van der Waals surface area contributed by atoms with Crippen molar-refractivity contribution in [3.05, 3.63) is 65.6 Å². The fraction of sp³-hybridized carbons (Fsp3) is 0.320. The Labute approximate surface area is 238 Å². The highest BCUT2D eigenvalue weighted by Gasteiger charge is 2.38. The molecule has 4 aromatic rings. The predicted octanol–water partition coefficient (Wildman–Crippen LogP) is 4.12. The molecule has 1 aliphatic heterocycles. The number of hydrogen-bond donors (Lipinski definition) is 1. The fourth-order valence-corrected chi connectivity index (χ4v) is 6.38. The maximum atomic E-state index is 13.9. The smallest absolute Gasteiger partial charge is 0.351 e. The van der Waals surface area contributed by atoms with Crippen LogP contribution in [0.5, 0.6) is 0 Å². The van der Waals surface area contributed by atoms with Crippen LogP contribution in [0.2, 0.25) is 5.02 Å². The first-order valence-corrected chi connectivity index (χ1v) is 14.1. The van der Waals surface area contributed by atoms with Gasteiger partial charge in [0.25, 0.3) is 10.0 Å². The number of benzene rings is 1. The lowest BCUT2D eigenvalue weighted by atomic mass is 9.95. The molecule has 1 saturated heterocycles. The number of anilines is 1. The standard InChI is InChI=1S/C25H23ClF3N9O2S/c1-15-10-38(41(39,40)21-12-36(2)13-33-21)7-6-18(15)34-24-31-9-17(25(27,28)29)23(35-24)19-11-37(14-32-19)20-5-3-4-16(8-30)22(20)26/h3-5,9,11-15,18H,6-7,10H2,1-2H3,(H,31,34,35). The maximum Gasteiger partial charge on any atom is 0.420 e. The molecule has 5 rings (SSSR count). The summed E-state index contributed by atoms with van der Waals surface area (Å²) in [6, 6.07) is 6.38. The van der Waals surface area contributed by atoms with Gasteiger partial charge in [0.2, 0.25) is 5.95 Å². The number of imidazole rings is 2. The summed E-state index contributed by atoms with van der Waals surface area (Å²) in [5, 5.41) is 12.4. The van der Waals surface area contributed by atoms with Crippen LogP contribution in [-0.2, 0) is 23.2 Å². The first-order valence-electron chi connectivity index (χ1n) is 12.3. The lowest BCUT2D eigenvalue weighted by molar-refractivity contribution is -0.137. The van der Waals surface area contributed by atoms with Gasteiger partial charge >= 0.3 is 6.18 Å². The second kappa shape index (κ2) is 10.8. The average molecular weight is 606 g/mol. The first-order chi connectivity index (χ1) is 19.4. The maximum absolute atomic E-state index is 13.9. The van der Waals surface area contributed by atoms with Crippen molar-refractivity contribution >= 4 is 27.6 Å². The molecule has 1 aromatic carbocycles. The molecule has 1 aliphatic rings. The van der Waals surface area contributed by atoms with Crippen molar-refractivity contribution in [1.29, 1.82) is 5.26 Å². The summed E-state index contributed by atoms with van der Waals surface area (Å²) in [5.41, 5.74) is -1.02. The van der Waals surface area contributed by atoms with E-state index in [1.54, 1.807) is 23.7 Å². The molecule has 0 bridgehead atoms. The summed E-state index contributed by atoms with van der Waals surface area (Å²) < 4.78 is 72.0. The van der Waals surface area contributed by atoms with Crippen molar-refractivity contribution in [2.75, 3.05) is 18.4 Å². The molecule has 1 N–H and O–H groups in total. The third kappa shape index (κ3) is 5.63. The molecule has 3 aromatic heterocycles. The van der Waals surface area contributed by atoms with E-state index in [2.05, 4.69) is 25.3 Å². The van der Waals surface area contributed by atoms with Crippen molar-refractivity contribution in [1.82, 2.24) is 33.4 Å². The number of piperidine rings is 1. The minimum atomic E-state index is -4.76. The van der Waals surface area contributed by atoms with Gasteiger partial charge in [-0.25, -0.2) is 28.4 Å². The van der Waals surface area contributed by atoms with Crippen LogP contribution in [0.3, 0.4) is 0 Å². The minimum Gasteiger partial charge on any atom is -0.351 e. The average Bonchev–Trinajstić information content (AvgIpc) is 3.59. The summed E-state index contributed by atoms with van der Waals surface area (Å²) in [6.45, 7) is 2.20. The quantitative estimate of drug-likeness (QED) is 0.347. The topological polar surface area (TPSA) is 135 Å². The van der Waals surface area contributed by atoms with E-state index < -0.39 is 27.5 Å². The van der Waals surface area contributed by atoms with Crippen molar-refractivity contribution in [3.63, 3.8) is 0 Å². The summed E-state index contributed by atoms with van der Waals surface area (Å²) in [4.78, 5) is 16.2. The van der Waals surface area contributed by atoms with Crippen molar-refractivity contribution in [2.45, 2.75) is 30.6 Å². The molecule has 2 unspecified atom stereocenters. The van der Waals surface area contributed by atoms with E-state index in [9.17, 15) is 26.9 Å². The molecular weight excluding hydrogens is 583 g/mol. The van der Waals surface area contributed by atoms with Gasteiger partial charge in [-0.2, -0.15) is 22.7 Å². The Kier molecular flexibility index (Phi) is 7.49. The van der Waals surface area contributed by atoms with Gasteiger partial charge in [0.15, 0.2) is 5.03 Å². The number of hydrogen-bond acceptors (Lipinski definition) is 8. The fourth-order valence-electron chi connectivity index (χ4n) is 4.60. The molecule has 2 atom stereocenters. The van der Waals surface area contributed by atoms with Crippen molar-refractivity contribution in [3.8, 4) is 23.1 Å². The Hall–Kier alpha value is -4.00. The van der Waals surface area contributed by atoms with Crippen molar-refractivity contribution in [2.24, 2.45) is 13.0 Å². The van der Waals surface area contributed by atoms with Crippen LogP contribution in [-0.4, -0.2) is 60.9 Å². The zero-order chi connectivity index (χ0) is 29.5. The second-order valence-corrected chi connectivity index (χ2v) is 11.9. The number of alkyl halides is 3. The van der Waals surface area contributed by atoms with Crippen LogP contribution in [0.4, 0.5) is 19.1 Å². The monoisotopic (exact) mass is 605 g/mol. The number of sulfonamides is 1. The van der Waals surface area contributed by atoms with Gasteiger partial charge in [-0.15, -0.1) is 0 Å². The van der Waals surface area contributed by atoms with E-state index in [-0.39, 0.29) is 52.3 Å². The molecule has 0 amide bonds. The van der Waals surface area contributed by atoms with Crippen molar-refractivity contribution < 1.29 is 21.6 Å². The Morgan fingerprint density at radius 3 is 2.61 bits per heavy atom. The normalized spacial score (nSPS) is 18.3. The van der Waals surface area contributed by atoms with Gasteiger partial charge in [0, 0.05) is 44.8 Å². The third-order valence-corrected chi connectivity index (χ3v) is 8.91. The van der Waals surface area contributed by atoms with E-state index in [0.29, 0.717) is 18.3 Å². The zero-order valence-corrected chi connectivity index (χ0v) is 23.3. The molecule has 4 heterocycles. The lowest BCUT2D eigenvalue weighted by Crippen LogP contribution is -2.47.